The summed E-state index contributed by atoms with van der Waals surface area (Å²) in [6.07, 6.45) is 4.00. The molecule has 1 aliphatic rings. The monoisotopic (exact) mass is 226 g/mol. The normalized spacial score (nSPS) is 15.3. The standard InChI is InChI=1S/C12H12ClFO/c13-10-7-9(4-5-11(10)14)12(15)6-3-8-1-2-8/h4-5,7-8H,1-3,6H2. The molecule has 1 aliphatic carbocycles. The Labute approximate surface area is 93.2 Å². The van der Waals surface area contributed by atoms with Gasteiger partial charge in [0.25, 0.3) is 0 Å². The van der Waals surface area contributed by atoms with Crippen molar-refractivity contribution in [1.29, 1.82) is 0 Å². The fourth-order valence-corrected chi connectivity index (χ4v) is 1.74. The number of hydrogen-bond donors (Lipinski definition) is 0. The fourth-order valence-electron chi connectivity index (χ4n) is 1.56. The van der Waals surface area contributed by atoms with Crippen molar-refractivity contribution in [3.8, 4) is 0 Å². The van der Waals surface area contributed by atoms with Crippen LogP contribution in [0.3, 0.4) is 0 Å². The molecule has 0 radical (unpaired) electrons. The minimum absolute atomic E-state index is 0.0206. The summed E-state index contributed by atoms with van der Waals surface area (Å²) < 4.78 is 12.8. The molecule has 0 saturated heterocycles. The van der Waals surface area contributed by atoms with Crippen molar-refractivity contribution in [2.45, 2.75) is 25.7 Å². The van der Waals surface area contributed by atoms with Gasteiger partial charge in [-0.3, -0.25) is 4.79 Å². The maximum atomic E-state index is 12.8. The number of carbonyl (C=O) groups excluding carboxylic acids is 1. The SMILES string of the molecule is O=C(CCC1CC1)c1ccc(F)c(Cl)c1. The summed E-state index contributed by atoms with van der Waals surface area (Å²) in [5.74, 6) is 0.323. The average molecular weight is 227 g/mol. The van der Waals surface area contributed by atoms with Crippen molar-refractivity contribution < 1.29 is 9.18 Å². The minimum atomic E-state index is -0.476. The summed E-state index contributed by atoms with van der Waals surface area (Å²) in [4.78, 5) is 11.7. The number of halogens is 2. The Morgan fingerprint density at radius 1 is 1.47 bits per heavy atom. The lowest BCUT2D eigenvalue weighted by atomic mass is 10.1. The van der Waals surface area contributed by atoms with Crippen LogP contribution in [-0.4, -0.2) is 5.78 Å². The molecule has 0 heterocycles. The van der Waals surface area contributed by atoms with Crippen LogP contribution in [0.5, 0.6) is 0 Å². The number of hydrogen-bond acceptors (Lipinski definition) is 1. The molecule has 2 rings (SSSR count). The van der Waals surface area contributed by atoms with Gasteiger partial charge in [0.15, 0.2) is 5.78 Å². The molecular weight excluding hydrogens is 215 g/mol. The van der Waals surface area contributed by atoms with Gasteiger partial charge in [0.2, 0.25) is 0 Å². The largest absolute Gasteiger partial charge is 0.294 e. The number of Topliss-reactive ketones (excluding diaryl/α,β-unsaturated/α-hetero) is 1. The van der Waals surface area contributed by atoms with Crippen LogP contribution in [0.4, 0.5) is 4.39 Å². The smallest absolute Gasteiger partial charge is 0.162 e. The van der Waals surface area contributed by atoms with Crippen molar-refractivity contribution in [2.24, 2.45) is 5.92 Å². The molecule has 15 heavy (non-hydrogen) atoms. The van der Waals surface area contributed by atoms with Crippen LogP contribution in [0.1, 0.15) is 36.0 Å². The van der Waals surface area contributed by atoms with E-state index in [4.69, 9.17) is 11.6 Å². The highest BCUT2D eigenvalue weighted by Crippen LogP contribution is 2.34. The third kappa shape index (κ3) is 2.78. The molecule has 0 aromatic heterocycles. The Kier molecular flexibility index (Phi) is 3.06. The summed E-state index contributed by atoms with van der Waals surface area (Å²) in [6, 6.07) is 4.15. The van der Waals surface area contributed by atoms with E-state index in [1.807, 2.05) is 0 Å². The van der Waals surface area contributed by atoms with Gasteiger partial charge in [0, 0.05) is 12.0 Å². The van der Waals surface area contributed by atoms with Crippen molar-refractivity contribution in [1.82, 2.24) is 0 Å². The molecule has 0 aliphatic heterocycles. The molecule has 3 heteroatoms. The van der Waals surface area contributed by atoms with Crippen LogP contribution < -0.4 is 0 Å². The predicted molar refractivity (Wildman–Crippen MR) is 57.7 cm³/mol. The predicted octanol–water partition coefficient (Wildman–Crippen LogP) is 3.85. The van der Waals surface area contributed by atoms with E-state index in [1.54, 1.807) is 0 Å². The second-order valence-corrected chi connectivity index (χ2v) is 4.44. The third-order valence-electron chi connectivity index (χ3n) is 2.72. The second kappa shape index (κ2) is 4.31. The number of ketones is 1. The van der Waals surface area contributed by atoms with Crippen LogP contribution in [0.25, 0.3) is 0 Å². The van der Waals surface area contributed by atoms with Gasteiger partial charge in [-0.15, -0.1) is 0 Å². The lowest BCUT2D eigenvalue weighted by Crippen LogP contribution is -1.99. The minimum Gasteiger partial charge on any atom is -0.294 e. The van der Waals surface area contributed by atoms with Gasteiger partial charge in [-0.25, -0.2) is 4.39 Å². The van der Waals surface area contributed by atoms with Crippen LogP contribution >= 0.6 is 11.6 Å². The first kappa shape index (κ1) is 10.6. The van der Waals surface area contributed by atoms with Crippen LogP contribution in [-0.2, 0) is 0 Å². The first-order chi connectivity index (χ1) is 7.16. The average Bonchev–Trinajstić information content (AvgIpc) is 3.02. The molecule has 0 atom stereocenters. The van der Waals surface area contributed by atoms with E-state index in [0.717, 1.165) is 12.3 Å². The van der Waals surface area contributed by atoms with Gasteiger partial charge in [-0.2, -0.15) is 0 Å². The molecular formula is C12H12ClFO. The highest BCUT2D eigenvalue weighted by molar-refractivity contribution is 6.31. The molecule has 1 saturated carbocycles. The first-order valence-corrected chi connectivity index (χ1v) is 5.53. The van der Waals surface area contributed by atoms with Crippen molar-refractivity contribution in [3.63, 3.8) is 0 Å². The molecule has 80 valence electrons. The summed E-state index contributed by atoms with van der Waals surface area (Å²) in [6.45, 7) is 0. The summed E-state index contributed by atoms with van der Waals surface area (Å²) >= 11 is 5.61. The van der Waals surface area contributed by atoms with Crippen molar-refractivity contribution in [3.05, 3.63) is 34.6 Å². The van der Waals surface area contributed by atoms with Gasteiger partial charge in [0.05, 0.1) is 5.02 Å². The van der Waals surface area contributed by atoms with E-state index in [1.165, 1.54) is 31.0 Å². The van der Waals surface area contributed by atoms with E-state index in [2.05, 4.69) is 0 Å². The number of carbonyl (C=O) groups is 1. The van der Waals surface area contributed by atoms with Gasteiger partial charge in [0.1, 0.15) is 5.82 Å². The molecule has 1 nitrogen and oxygen atoms in total. The highest BCUT2D eigenvalue weighted by atomic mass is 35.5. The summed E-state index contributed by atoms with van der Waals surface area (Å²) in [5.41, 5.74) is 0.516. The van der Waals surface area contributed by atoms with Crippen LogP contribution in [0.15, 0.2) is 18.2 Å². The van der Waals surface area contributed by atoms with E-state index in [0.29, 0.717) is 12.0 Å². The third-order valence-corrected chi connectivity index (χ3v) is 3.01. The molecule has 0 amide bonds. The Bertz CT molecular complexity index is 385. The molecule has 0 spiro atoms. The maximum absolute atomic E-state index is 12.8. The molecule has 0 bridgehead atoms. The quantitative estimate of drug-likeness (QED) is 0.713. The lowest BCUT2D eigenvalue weighted by Gasteiger charge is -2.01. The number of rotatable bonds is 4. The van der Waals surface area contributed by atoms with Crippen LogP contribution in [0, 0.1) is 11.7 Å². The van der Waals surface area contributed by atoms with E-state index < -0.39 is 5.82 Å². The molecule has 0 N–H and O–H groups in total. The second-order valence-electron chi connectivity index (χ2n) is 4.03. The maximum Gasteiger partial charge on any atom is 0.162 e. The zero-order valence-corrected chi connectivity index (χ0v) is 9.06. The van der Waals surface area contributed by atoms with E-state index in [-0.39, 0.29) is 10.8 Å². The Hall–Kier alpha value is -0.890. The van der Waals surface area contributed by atoms with Crippen molar-refractivity contribution in [2.75, 3.05) is 0 Å². The number of benzene rings is 1. The van der Waals surface area contributed by atoms with Gasteiger partial charge < -0.3 is 0 Å². The van der Waals surface area contributed by atoms with Gasteiger partial charge in [-0.05, 0) is 30.5 Å². The zero-order valence-electron chi connectivity index (χ0n) is 8.30. The molecule has 0 unspecified atom stereocenters. The van der Waals surface area contributed by atoms with Gasteiger partial charge in [-0.1, -0.05) is 24.4 Å². The molecule has 1 fully saturated rings. The van der Waals surface area contributed by atoms with Crippen LogP contribution in [0.2, 0.25) is 5.02 Å². The topological polar surface area (TPSA) is 17.1 Å². The first-order valence-electron chi connectivity index (χ1n) is 5.15. The van der Waals surface area contributed by atoms with E-state index >= 15 is 0 Å². The highest BCUT2D eigenvalue weighted by Gasteiger charge is 2.22. The zero-order chi connectivity index (χ0) is 10.8. The fraction of sp³-hybridized carbons (Fsp3) is 0.417. The Morgan fingerprint density at radius 2 is 2.20 bits per heavy atom. The Balaban J connectivity index is 2.00. The summed E-state index contributed by atoms with van der Waals surface area (Å²) in [7, 11) is 0. The van der Waals surface area contributed by atoms with E-state index in [9.17, 15) is 9.18 Å². The van der Waals surface area contributed by atoms with Gasteiger partial charge >= 0.3 is 0 Å². The molecule has 1 aromatic rings. The Morgan fingerprint density at radius 3 is 2.80 bits per heavy atom. The van der Waals surface area contributed by atoms with Crippen molar-refractivity contribution >= 4 is 17.4 Å². The summed E-state index contributed by atoms with van der Waals surface area (Å²) in [5, 5.41) is 0.0206. The lowest BCUT2D eigenvalue weighted by molar-refractivity contribution is 0.0978. The molecule has 1 aromatic carbocycles.